The largest absolute Gasteiger partial charge is 0.424 e. The fourth-order valence-electron chi connectivity index (χ4n) is 4.71. The Hall–Kier alpha value is -2.94. The van der Waals surface area contributed by atoms with Crippen LogP contribution < -0.4 is 15.0 Å². The number of rotatable bonds is 5. The second-order valence-electron chi connectivity index (χ2n) is 8.32. The van der Waals surface area contributed by atoms with Crippen molar-refractivity contribution < 1.29 is 9.13 Å². The average Bonchev–Trinajstić information content (AvgIpc) is 3.15. The topological polar surface area (TPSA) is 81.0 Å². The minimum atomic E-state index is -0.343. The van der Waals surface area contributed by atoms with Gasteiger partial charge >= 0.3 is 6.01 Å². The van der Waals surface area contributed by atoms with Crippen molar-refractivity contribution >= 4 is 23.2 Å². The first-order chi connectivity index (χ1) is 14.9. The van der Waals surface area contributed by atoms with Gasteiger partial charge in [-0.15, -0.1) is 10.2 Å². The van der Waals surface area contributed by atoms with Gasteiger partial charge in [-0.2, -0.15) is 10.1 Å². The predicted octanol–water partition coefficient (Wildman–Crippen LogP) is 3.83. The summed E-state index contributed by atoms with van der Waals surface area (Å²) >= 11 is 6.02. The SMILES string of the molecule is Cc1cc(F)cc(Oc2nc(N[C@H]3[C@@H]4CC[C@H]3CN(c3cnnc(Cl)c3)C4)nn2C)c1. The van der Waals surface area contributed by atoms with E-state index in [1.165, 1.54) is 12.1 Å². The van der Waals surface area contributed by atoms with Crippen molar-refractivity contribution in [2.75, 3.05) is 23.3 Å². The first-order valence-electron chi connectivity index (χ1n) is 10.3. The van der Waals surface area contributed by atoms with Gasteiger partial charge in [0.2, 0.25) is 5.95 Å². The number of aryl methyl sites for hydroxylation is 2. The number of piperidine rings is 1. The second-order valence-corrected chi connectivity index (χ2v) is 8.70. The van der Waals surface area contributed by atoms with E-state index in [1.54, 1.807) is 24.0 Å². The summed E-state index contributed by atoms with van der Waals surface area (Å²) in [5.41, 5.74) is 1.79. The molecule has 0 spiro atoms. The fourth-order valence-corrected chi connectivity index (χ4v) is 4.87. The third-order valence-electron chi connectivity index (χ3n) is 6.05. The predicted molar refractivity (Wildman–Crippen MR) is 115 cm³/mol. The van der Waals surface area contributed by atoms with Gasteiger partial charge in [-0.1, -0.05) is 11.6 Å². The molecule has 10 heteroatoms. The Morgan fingerprint density at radius 2 is 1.94 bits per heavy atom. The smallest absolute Gasteiger partial charge is 0.321 e. The lowest BCUT2D eigenvalue weighted by atomic mass is 9.92. The number of hydrogen-bond donors (Lipinski definition) is 1. The zero-order valence-corrected chi connectivity index (χ0v) is 18.1. The van der Waals surface area contributed by atoms with Crippen LogP contribution in [0, 0.1) is 24.6 Å². The lowest BCUT2D eigenvalue weighted by Gasteiger charge is -2.39. The Labute approximate surface area is 184 Å². The lowest BCUT2D eigenvalue weighted by Crippen LogP contribution is -2.48. The molecule has 2 aromatic heterocycles. The van der Waals surface area contributed by atoms with E-state index >= 15 is 0 Å². The Kier molecular flexibility index (Phi) is 5.13. The van der Waals surface area contributed by atoms with E-state index in [2.05, 4.69) is 30.5 Å². The van der Waals surface area contributed by atoms with Crippen LogP contribution in [0.1, 0.15) is 18.4 Å². The van der Waals surface area contributed by atoms with Crippen LogP contribution in [-0.4, -0.2) is 44.1 Å². The van der Waals surface area contributed by atoms with Crippen LogP contribution in [-0.2, 0) is 7.05 Å². The van der Waals surface area contributed by atoms with E-state index in [0.717, 1.165) is 37.2 Å². The van der Waals surface area contributed by atoms with Crippen molar-refractivity contribution in [2.24, 2.45) is 18.9 Å². The summed E-state index contributed by atoms with van der Waals surface area (Å²) in [6.07, 6.45) is 4.05. The van der Waals surface area contributed by atoms with Crippen molar-refractivity contribution in [3.05, 3.63) is 47.0 Å². The Morgan fingerprint density at radius 1 is 1.16 bits per heavy atom. The molecule has 3 atom stereocenters. The van der Waals surface area contributed by atoms with Gasteiger partial charge in [0.25, 0.3) is 0 Å². The molecular formula is C21H23ClFN7O. The summed E-state index contributed by atoms with van der Waals surface area (Å²) in [6, 6.07) is 7.02. The fraction of sp³-hybridized carbons (Fsp3) is 0.429. The highest BCUT2D eigenvalue weighted by molar-refractivity contribution is 6.29. The molecule has 0 unspecified atom stereocenters. The molecule has 31 heavy (non-hydrogen) atoms. The number of nitrogens with zero attached hydrogens (tertiary/aromatic N) is 6. The van der Waals surface area contributed by atoms with Gasteiger partial charge in [0.05, 0.1) is 11.9 Å². The number of halogens is 2. The van der Waals surface area contributed by atoms with E-state index in [4.69, 9.17) is 16.3 Å². The first-order valence-corrected chi connectivity index (χ1v) is 10.7. The molecule has 3 aromatic rings. The third kappa shape index (κ3) is 4.14. The maximum Gasteiger partial charge on any atom is 0.321 e. The number of nitrogens with one attached hydrogen (secondary N) is 1. The highest BCUT2D eigenvalue weighted by atomic mass is 35.5. The van der Waals surface area contributed by atoms with Gasteiger partial charge in [0.15, 0.2) is 5.15 Å². The molecule has 1 saturated carbocycles. The first kappa shape index (κ1) is 20.0. The Bertz CT molecular complexity index is 1070. The number of anilines is 2. The molecule has 1 N–H and O–H groups in total. The number of aromatic nitrogens is 5. The van der Waals surface area contributed by atoms with Crippen LogP contribution >= 0.6 is 11.6 Å². The van der Waals surface area contributed by atoms with Gasteiger partial charge < -0.3 is 15.0 Å². The molecule has 8 nitrogen and oxygen atoms in total. The quantitative estimate of drug-likeness (QED) is 0.641. The third-order valence-corrected chi connectivity index (χ3v) is 6.24. The molecule has 2 aliphatic rings. The number of hydrogen-bond acceptors (Lipinski definition) is 7. The molecule has 2 bridgehead atoms. The van der Waals surface area contributed by atoms with Crippen molar-refractivity contribution in [3.8, 4) is 11.8 Å². The number of fused-ring (bicyclic) bond motifs is 2. The summed E-state index contributed by atoms with van der Waals surface area (Å²) in [7, 11) is 1.76. The van der Waals surface area contributed by atoms with Gasteiger partial charge in [0, 0.05) is 38.3 Å². The van der Waals surface area contributed by atoms with Crippen molar-refractivity contribution in [3.63, 3.8) is 0 Å². The average molecular weight is 444 g/mol. The molecule has 1 saturated heterocycles. The molecule has 1 aliphatic carbocycles. The number of benzene rings is 1. The Balaban J connectivity index is 1.28. The monoisotopic (exact) mass is 443 g/mol. The molecule has 1 aliphatic heterocycles. The van der Waals surface area contributed by atoms with Gasteiger partial charge in [-0.05, 0) is 49.3 Å². The van der Waals surface area contributed by atoms with Crippen molar-refractivity contribution in [1.82, 2.24) is 25.0 Å². The summed E-state index contributed by atoms with van der Waals surface area (Å²) in [5, 5.41) is 16.2. The molecule has 1 aromatic carbocycles. The van der Waals surface area contributed by atoms with Gasteiger partial charge in [-0.3, -0.25) is 0 Å². The van der Waals surface area contributed by atoms with Crippen molar-refractivity contribution in [1.29, 1.82) is 0 Å². The van der Waals surface area contributed by atoms with Crippen LogP contribution in [0.2, 0.25) is 5.15 Å². The summed E-state index contributed by atoms with van der Waals surface area (Å²) < 4.78 is 21.0. The minimum Gasteiger partial charge on any atom is -0.424 e. The van der Waals surface area contributed by atoms with E-state index in [0.29, 0.717) is 34.7 Å². The summed E-state index contributed by atoms with van der Waals surface area (Å²) in [5.74, 6) is 1.51. The second kappa shape index (κ2) is 7.96. The van der Waals surface area contributed by atoms with Gasteiger partial charge in [-0.25, -0.2) is 9.07 Å². The van der Waals surface area contributed by atoms with Crippen LogP contribution in [0.5, 0.6) is 11.8 Å². The van der Waals surface area contributed by atoms with Crippen molar-refractivity contribution in [2.45, 2.75) is 25.8 Å². The standard InChI is InChI=1S/C21H23ClFN7O/c1-12-5-15(23)7-17(6-12)31-21-26-20(28-29(21)2)25-19-13-3-4-14(19)11-30(10-13)16-8-18(22)27-24-9-16/h5-9,13-14,19H,3-4,10-11H2,1-2H3,(H,25,28)/t13-,14+,19+. The Morgan fingerprint density at radius 3 is 2.65 bits per heavy atom. The molecule has 0 radical (unpaired) electrons. The summed E-state index contributed by atoms with van der Waals surface area (Å²) in [6.45, 7) is 3.64. The maximum absolute atomic E-state index is 13.7. The zero-order valence-electron chi connectivity index (χ0n) is 17.3. The molecule has 162 valence electrons. The highest BCUT2D eigenvalue weighted by Crippen LogP contribution is 2.40. The zero-order chi connectivity index (χ0) is 21.5. The lowest BCUT2D eigenvalue weighted by molar-refractivity contribution is 0.376. The van der Waals surface area contributed by atoms with Crippen LogP contribution in [0.25, 0.3) is 0 Å². The van der Waals surface area contributed by atoms with E-state index in [1.807, 2.05) is 13.0 Å². The normalized spacial score (nSPS) is 22.6. The molecule has 3 heterocycles. The van der Waals surface area contributed by atoms with E-state index in [-0.39, 0.29) is 11.9 Å². The maximum atomic E-state index is 13.7. The van der Waals surface area contributed by atoms with Crippen LogP contribution in [0.15, 0.2) is 30.5 Å². The van der Waals surface area contributed by atoms with Crippen LogP contribution in [0.3, 0.4) is 0 Å². The summed E-state index contributed by atoms with van der Waals surface area (Å²) in [4.78, 5) is 6.82. The van der Waals surface area contributed by atoms with Crippen LogP contribution in [0.4, 0.5) is 16.0 Å². The molecule has 5 rings (SSSR count). The minimum absolute atomic E-state index is 0.285. The van der Waals surface area contributed by atoms with E-state index < -0.39 is 0 Å². The highest BCUT2D eigenvalue weighted by Gasteiger charge is 2.42. The molecule has 0 amide bonds. The van der Waals surface area contributed by atoms with Gasteiger partial charge in [0.1, 0.15) is 11.6 Å². The number of ether oxygens (including phenoxy) is 1. The molecular weight excluding hydrogens is 421 g/mol. The van der Waals surface area contributed by atoms with E-state index in [9.17, 15) is 4.39 Å². The molecule has 2 fully saturated rings.